The van der Waals surface area contributed by atoms with Crippen molar-refractivity contribution in [1.29, 1.82) is 0 Å². The van der Waals surface area contributed by atoms with Gasteiger partial charge < -0.3 is 5.11 Å². The first-order valence-electron chi connectivity index (χ1n) is 6.88. The van der Waals surface area contributed by atoms with Crippen molar-refractivity contribution >= 4 is 0 Å². The Morgan fingerprint density at radius 3 is 2.28 bits per heavy atom. The van der Waals surface area contributed by atoms with E-state index in [1.807, 2.05) is 12.1 Å². The van der Waals surface area contributed by atoms with E-state index in [9.17, 15) is 5.11 Å². The number of rotatable bonds is 1. The molecular weight excluding hydrogens is 220 g/mol. The van der Waals surface area contributed by atoms with Crippen molar-refractivity contribution in [1.82, 2.24) is 0 Å². The third kappa shape index (κ3) is 2.28. The maximum atomic E-state index is 9.80. The summed E-state index contributed by atoms with van der Waals surface area (Å²) >= 11 is 0. The molecule has 0 fully saturated rings. The molecule has 100 valence electrons. The van der Waals surface area contributed by atoms with Gasteiger partial charge in [0.05, 0.1) is 0 Å². The highest BCUT2D eigenvalue weighted by Gasteiger charge is 2.46. The molecule has 0 amide bonds. The molecule has 0 saturated carbocycles. The first-order chi connectivity index (χ1) is 8.04. The van der Waals surface area contributed by atoms with Crippen LogP contribution in [0.2, 0.25) is 0 Å². The van der Waals surface area contributed by atoms with Crippen LogP contribution in [0.25, 0.3) is 0 Å². The van der Waals surface area contributed by atoms with Gasteiger partial charge in [-0.25, -0.2) is 0 Å². The number of phenols is 1. The lowest BCUT2D eigenvalue weighted by atomic mass is 9.70. The molecule has 0 radical (unpaired) electrons. The van der Waals surface area contributed by atoms with Gasteiger partial charge in [0.15, 0.2) is 0 Å². The van der Waals surface area contributed by atoms with Crippen LogP contribution in [0.4, 0.5) is 0 Å². The molecule has 0 bridgehead atoms. The van der Waals surface area contributed by atoms with Crippen LogP contribution in [0.5, 0.6) is 5.75 Å². The van der Waals surface area contributed by atoms with Crippen LogP contribution in [-0.2, 0) is 10.8 Å². The summed E-state index contributed by atoms with van der Waals surface area (Å²) in [7, 11) is 0. The van der Waals surface area contributed by atoms with Gasteiger partial charge in [-0.1, -0.05) is 47.6 Å². The van der Waals surface area contributed by atoms with E-state index in [4.69, 9.17) is 0 Å². The third-order valence-corrected chi connectivity index (χ3v) is 4.14. The molecule has 1 N–H and O–H groups in total. The molecule has 0 aromatic heterocycles. The Hall–Kier alpha value is -0.980. The van der Waals surface area contributed by atoms with Gasteiger partial charge in [0, 0.05) is 0 Å². The molecule has 1 heteroatoms. The lowest BCUT2D eigenvalue weighted by Crippen LogP contribution is -2.27. The second kappa shape index (κ2) is 3.76. The minimum Gasteiger partial charge on any atom is -0.508 e. The fraction of sp³-hybridized carbons (Fsp3) is 0.647. The number of hydrogen-bond donors (Lipinski definition) is 1. The van der Waals surface area contributed by atoms with Crippen molar-refractivity contribution in [3.05, 3.63) is 29.3 Å². The maximum Gasteiger partial charge on any atom is 0.115 e. The standard InChI is InChI=1S/C17H26O/c1-15(2,3)10-17(6)11-16(4,5)13-8-7-12(18)9-14(13)17/h7-9,18H,10-11H2,1-6H3. The number of aromatic hydroxyl groups is 1. The van der Waals surface area contributed by atoms with E-state index in [-0.39, 0.29) is 10.8 Å². The highest BCUT2D eigenvalue weighted by atomic mass is 16.3. The molecule has 1 unspecified atom stereocenters. The fourth-order valence-corrected chi connectivity index (χ4v) is 4.12. The Morgan fingerprint density at radius 2 is 1.72 bits per heavy atom. The van der Waals surface area contributed by atoms with Gasteiger partial charge in [-0.3, -0.25) is 0 Å². The van der Waals surface area contributed by atoms with Crippen LogP contribution in [0.1, 0.15) is 65.5 Å². The van der Waals surface area contributed by atoms with E-state index < -0.39 is 0 Å². The van der Waals surface area contributed by atoms with E-state index in [2.05, 4.69) is 47.6 Å². The van der Waals surface area contributed by atoms with E-state index in [1.54, 1.807) is 0 Å². The maximum absolute atomic E-state index is 9.80. The van der Waals surface area contributed by atoms with Crippen molar-refractivity contribution in [2.45, 2.75) is 65.2 Å². The Labute approximate surface area is 111 Å². The number of fused-ring (bicyclic) bond motifs is 1. The SMILES string of the molecule is CC(C)(C)CC1(C)CC(C)(C)c2ccc(O)cc21. The van der Waals surface area contributed by atoms with Gasteiger partial charge in [0.25, 0.3) is 0 Å². The van der Waals surface area contributed by atoms with Crippen molar-refractivity contribution in [2.75, 3.05) is 0 Å². The lowest BCUT2D eigenvalue weighted by Gasteiger charge is -2.34. The van der Waals surface area contributed by atoms with Gasteiger partial charge in [-0.05, 0) is 52.3 Å². The van der Waals surface area contributed by atoms with Gasteiger partial charge in [0.1, 0.15) is 5.75 Å². The molecule has 0 saturated heterocycles. The van der Waals surface area contributed by atoms with Crippen LogP contribution in [0.15, 0.2) is 18.2 Å². The quantitative estimate of drug-likeness (QED) is 0.757. The highest BCUT2D eigenvalue weighted by molar-refractivity contribution is 5.48. The average Bonchev–Trinajstić information content (AvgIpc) is 2.30. The average molecular weight is 246 g/mol. The van der Waals surface area contributed by atoms with Crippen LogP contribution < -0.4 is 0 Å². The third-order valence-electron chi connectivity index (χ3n) is 4.14. The van der Waals surface area contributed by atoms with Gasteiger partial charge in [-0.2, -0.15) is 0 Å². The number of benzene rings is 1. The Kier molecular flexibility index (Phi) is 2.81. The molecule has 1 aromatic rings. The predicted octanol–water partition coefficient (Wildman–Crippen LogP) is 4.77. The van der Waals surface area contributed by atoms with E-state index in [0.29, 0.717) is 11.2 Å². The topological polar surface area (TPSA) is 20.2 Å². The minimum absolute atomic E-state index is 0.176. The monoisotopic (exact) mass is 246 g/mol. The summed E-state index contributed by atoms with van der Waals surface area (Å²) in [5.41, 5.74) is 3.45. The predicted molar refractivity (Wildman–Crippen MR) is 77.2 cm³/mol. The smallest absolute Gasteiger partial charge is 0.115 e. The lowest BCUT2D eigenvalue weighted by molar-refractivity contribution is 0.244. The summed E-state index contributed by atoms with van der Waals surface area (Å²) < 4.78 is 0. The molecule has 2 rings (SSSR count). The molecule has 0 spiro atoms. The Morgan fingerprint density at radius 1 is 1.11 bits per heavy atom. The second-order valence-corrected chi connectivity index (χ2v) is 8.09. The van der Waals surface area contributed by atoms with Crippen LogP contribution in [0.3, 0.4) is 0 Å². The first kappa shape index (κ1) is 13.5. The second-order valence-electron chi connectivity index (χ2n) is 8.09. The molecule has 1 aliphatic rings. The zero-order valence-corrected chi connectivity index (χ0v) is 12.6. The summed E-state index contributed by atoms with van der Waals surface area (Å²) in [6.07, 6.45) is 2.32. The fourth-order valence-electron chi connectivity index (χ4n) is 4.12. The Bertz CT molecular complexity index is 461. The largest absolute Gasteiger partial charge is 0.508 e. The minimum atomic E-state index is 0.176. The summed E-state index contributed by atoms with van der Waals surface area (Å²) in [5, 5.41) is 9.80. The van der Waals surface area contributed by atoms with Crippen LogP contribution >= 0.6 is 0 Å². The molecule has 1 nitrogen and oxygen atoms in total. The van der Waals surface area contributed by atoms with Crippen LogP contribution in [0, 0.1) is 5.41 Å². The van der Waals surface area contributed by atoms with Crippen molar-refractivity contribution in [3.8, 4) is 5.75 Å². The zero-order chi connectivity index (χ0) is 13.8. The number of hydrogen-bond acceptors (Lipinski definition) is 1. The summed E-state index contributed by atoms with van der Waals surface area (Å²) in [5.74, 6) is 0.395. The van der Waals surface area contributed by atoms with E-state index >= 15 is 0 Å². The van der Waals surface area contributed by atoms with E-state index in [1.165, 1.54) is 11.1 Å². The molecule has 1 aliphatic carbocycles. The van der Waals surface area contributed by atoms with Gasteiger partial charge in [-0.15, -0.1) is 0 Å². The molecular formula is C17H26O. The molecule has 1 aromatic carbocycles. The summed E-state index contributed by atoms with van der Waals surface area (Å²) in [4.78, 5) is 0. The number of phenolic OH excluding ortho intramolecular Hbond substituents is 1. The molecule has 0 heterocycles. The molecule has 0 aliphatic heterocycles. The van der Waals surface area contributed by atoms with Crippen molar-refractivity contribution < 1.29 is 5.11 Å². The van der Waals surface area contributed by atoms with Crippen LogP contribution in [-0.4, -0.2) is 5.11 Å². The normalized spacial score (nSPS) is 26.1. The van der Waals surface area contributed by atoms with Crippen molar-refractivity contribution in [2.24, 2.45) is 5.41 Å². The highest BCUT2D eigenvalue weighted by Crippen LogP contribution is 2.54. The first-order valence-corrected chi connectivity index (χ1v) is 6.88. The Balaban J connectivity index is 2.52. The van der Waals surface area contributed by atoms with Crippen molar-refractivity contribution in [3.63, 3.8) is 0 Å². The summed E-state index contributed by atoms with van der Waals surface area (Å²) in [6.45, 7) is 13.9. The zero-order valence-electron chi connectivity index (χ0n) is 12.6. The van der Waals surface area contributed by atoms with Gasteiger partial charge in [0.2, 0.25) is 0 Å². The molecule has 1 atom stereocenters. The van der Waals surface area contributed by atoms with E-state index in [0.717, 1.165) is 12.8 Å². The molecule has 18 heavy (non-hydrogen) atoms. The van der Waals surface area contributed by atoms with Gasteiger partial charge >= 0.3 is 0 Å². The summed E-state index contributed by atoms with van der Waals surface area (Å²) in [6, 6.07) is 5.91.